The minimum Gasteiger partial charge on any atom is -1.00 e. The predicted molar refractivity (Wildman–Crippen MR) is 67.6 cm³/mol. The fourth-order valence-corrected chi connectivity index (χ4v) is 5.20. The second-order valence-corrected chi connectivity index (χ2v) is 9.10. The molecule has 0 bridgehead atoms. The van der Waals surface area contributed by atoms with Gasteiger partial charge in [0.25, 0.3) is 0 Å². The van der Waals surface area contributed by atoms with Gasteiger partial charge in [0.2, 0.25) is 0 Å². The van der Waals surface area contributed by atoms with Gasteiger partial charge in [-0.05, 0) is 33.6 Å². The Hall–Kier alpha value is 0.910. The summed E-state index contributed by atoms with van der Waals surface area (Å²) < 4.78 is 0. The number of rotatable bonds is 8. The topological polar surface area (TPSA) is 0 Å². The summed E-state index contributed by atoms with van der Waals surface area (Å²) in [5.41, 5.74) is 0. The van der Waals surface area contributed by atoms with Crippen LogP contribution in [-0.2, 0) is 0 Å². The standard InChI is InChI=1S/C12H28P.BrH/c1-5-9-10-11-12-13(6-2,7-3)8-4;/h5-12H2,1-4H3;1H/q+1;/p-1. The predicted octanol–water partition coefficient (Wildman–Crippen LogP) is 1.65. The van der Waals surface area contributed by atoms with Crippen molar-refractivity contribution in [1.82, 2.24) is 0 Å². The van der Waals surface area contributed by atoms with Crippen LogP contribution in [0.25, 0.3) is 0 Å². The lowest BCUT2D eigenvalue weighted by Crippen LogP contribution is -3.00. The van der Waals surface area contributed by atoms with Gasteiger partial charge in [0.15, 0.2) is 0 Å². The molecule has 0 radical (unpaired) electrons. The lowest BCUT2D eigenvalue weighted by molar-refractivity contribution is -0.00000311. The molecular formula is C12H28BrP. The minimum atomic E-state index is -0.479. The third kappa shape index (κ3) is 6.40. The van der Waals surface area contributed by atoms with E-state index in [2.05, 4.69) is 27.7 Å². The van der Waals surface area contributed by atoms with E-state index in [-0.39, 0.29) is 17.0 Å². The molecule has 0 aromatic carbocycles. The zero-order valence-corrected chi connectivity index (χ0v) is 13.0. The van der Waals surface area contributed by atoms with Gasteiger partial charge in [0.1, 0.15) is 0 Å². The summed E-state index contributed by atoms with van der Waals surface area (Å²) in [4.78, 5) is 0. The summed E-state index contributed by atoms with van der Waals surface area (Å²) in [6.07, 6.45) is 11.8. The average molecular weight is 283 g/mol. The molecule has 0 aliphatic heterocycles. The molecule has 0 atom stereocenters. The molecule has 0 amide bonds. The van der Waals surface area contributed by atoms with E-state index < -0.39 is 7.26 Å². The van der Waals surface area contributed by atoms with Crippen molar-refractivity contribution in [3.8, 4) is 0 Å². The Balaban J connectivity index is 0. The molecule has 0 spiro atoms. The van der Waals surface area contributed by atoms with E-state index in [9.17, 15) is 0 Å². The second kappa shape index (κ2) is 10.4. The molecule has 0 saturated heterocycles. The zero-order chi connectivity index (χ0) is 10.2. The van der Waals surface area contributed by atoms with Crippen molar-refractivity contribution < 1.29 is 17.0 Å². The molecule has 0 N–H and O–H groups in total. The van der Waals surface area contributed by atoms with E-state index in [4.69, 9.17) is 0 Å². The van der Waals surface area contributed by atoms with Crippen LogP contribution >= 0.6 is 7.26 Å². The Labute approximate surface area is 102 Å². The van der Waals surface area contributed by atoms with Gasteiger partial charge in [-0.1, -0.05) is 19.8 Å². The molecule has 0 aliphatic carbocycles. The monoisotopic (exact) mass is 282 g/mol. The van der Waals surface area contributed by atoms with Gasteiger partial charge in [0.05, 0.1) is 24.6 Å². The van der Waals surface area contributed by atoms with Gasteiger partial charge in [0, 0.05) is 7.26 Å². The average Bonchev–Trinajstić information content (AvgIpc) is 2.20. The molecule has 0 unspecified atom stereocenters. The molecule has 0 fully saturated rings. The third-order valence-electron chi connectivity index (χ3n) is 3.50. The van der Waals surface area contributed by atoms with Crippen LogP contribution in [0.2, 0.25) is 0 Å². The van der Waals surface area contributed by atoms with E-state index >= 15 is 0 Å². The molecule has 0 aromatic rings. The van der Waals surface area contributed by atoms with Crippen LogP contribution in [-0.4, -0.2) is 24.6 Å². The van der Waals surface area contributed by atoms with Crippen molar-refractivity contribution >= 4 is 7.26 Å². The summed E-state index contributed by atoms with van der Waals surface area (Å²) in [5.74, 6) is 0. The fraction of sp³-hybridized carbons (Fsp3) is 1.00. The van der Waals surface area contributed by atoms with Gasteiger partial charge < -0.3 is 17.0 Å². The molecule has 0 nitrogen and oxygen atoms in total. The largest absolute Gasteiger partial charge is 1.00 e. The fourth-order valence-electron chi connectivity index (χ4n) is 2.02. The van der Waals surface area contributed by atoms with Crippen LogP contribution in [0.3, 0.4) is 0 Å². The molecule has 88 valence electrons. The normalized spacial score (nSPS) is 11.1. The Morgan fingerprint density at radius 2 is 1.21 bits per heavy atom. The van der Waals surface area contributed by atoms with Crippen LogP contribution in [0.1, 0.15) is 53.4 Å². The lowest BCUT2D eigenvalue weighted by atomic mass is 10.2. The Morgan fingerprint density at radius 1 is 0.714 bits per heavy atom. The molecule has 2 heteroatoms. The van der Waals surface area contributed by atoms with E-state index in [1.54, 1.807) is 6.16 Å². The number of halogens is 1. The van der Waals surface area contributed by atoms with Crippen molar-refractivity contribution in [2.24, 2.45) is 0 Å². The summed E-state index contributed by atoms with van der Waals surface area (Å²) in [7, 11) is -0.479. The van der Waals surface area contributed by atoms with Gasteiger partial charge in [-0.3, -0.25) is 0 Å². The van der Waals surface area contributed by atoms with Crippen molar-refractivity contribution in [2.75, 3.05) is 24.6 Å². The maximum Gasteiger partial charge on any atom is 0.0594 e. The minimum absolute atomic E-state index is 0. The molecule has 0 heterocycles. The smallest absolute Gasteiger partial charge is 0.0594 e. The van der Waals surface area contributed by atoms with Crippen LogP contribution in [0.15, 0.2) is 0 Å². The summed E-state index contributed by atoms with van der Waals surface area (Å²) >= 11 is 0. The molecule has 0 saturated carbocycles. The maximum absolute atomic E-state index is 2.40. The third-order valence-corrected chi connectivity index (χ3v) is 8.79. The van der Waals surface area contributed by atoms with E-state index in [1.807, 2.05) is 0 Å². The first-order chi connectivity index (χ1) is 6.24. The van der Waals surface area contributed by atoms with Crippen molar-refractivity contribution in [1.29, 1.82) is 0 Å². The molecular weight excluding hydrogens is 255 g/mol. The van der Waals surface area contributed by atoms with Crippen molar-refractivity contribution in [3.05, 3.63) is 0 Å². The van der Waals surface area contributed by atoms with Crippen molar-refractivity contribution in [2.45, 2.75) is 53.4 Å². The highest BCUT2D eigenvalue weighted by Gasteiger charge is 2.29. The zero-order valence-electron chi connectivity index (χ0n) is 10.5. The SMILES string of the molecule is CCCCCC[P+](CC)(CC)CC.[Br-]. The summed E-state index contributed by atoms with van der Waals surface area (Å²) in [6.45, 7) is 9.50. The van der Waals surface area contributed by atoms with Crippen molar-refractivity contribution in [3.63, 3.8) is 0 Å². The highest BCUT2D eigenvalue weighted by Crippen LogP contribution is 2.58. The van der Waals surface area contributed by atoms with Gasteiger partial charge in [-0.25, -0.2) is 0 Å². The first kappa shape index (κ1) is 17.3. The van der Waals surface area contributed by atoms with E-state index in [1.165, 1.54) is 44.2 Å². The van der Waals surface area contributed by atoms with E-state index in [0.717, 1.165) is 0 Å². The molecule has 0 rings (SSSR count). The second-order valence-electron chi connectivity index (χ2n) is 4.07. The first-order valence-corrected chi connectivity index (χ1v) is 8.62. The first-order valence-electron chi connectivity index (χ1n) is 6.09. The van der Waals surface area contributed by atoms with Crippen LogP contribution in [0, 0.1) is 0 Å². The van der Waals surface area contributed by atoms with Crippen LogP contribution in [0.5, 0.6) is 0 Å². The molecule has 0 aromatic heterocycles. The number of unbranched alkanes of at least 4 members (excludes halogenated alkanes) is 3. The Bertz CT molecular complexity index is 103. The van der Waals surface area contributed by atoms with Gasteiger partial charge in [-0.15, -0.1) is 0 Å². The van der Waals surface area contributed by atoms with E-state index in [0.29, 0.717) is 0 Å². The number of hydrogen-bond donors (Lipinski definition) is 0. The maximum atomic E-state index is 2.40. The summed E-state index contributed by atoms with van der Waals surface area (Å²) in [6, 6.07) is 0. The Morgan fingerprint density at radius 3 is 1.57 bits per heavy atom. The molecule has 14 heavy (non-hydrogen) atoms. The highest BCUT2D eigenvalue weighted by atomic mass is 79.9. The van der Waals surface area contributed by atoms with Gasteiger partial charge >= 0.3 is 0 Å². The van der Waals surface area contributed by atoms with Crippen LogP contribution in [0.4, 0.5) is 0 Å². The summed E-state index contributed by atoms with van der Waals surface area (Å²) in [5, 5.41) is 0. The quantitative estimate of drug-likeness (QED) is 0.469. The lowest BCUT2D eigenvalue weighted by Gasteiger charge is -2.23. The number of hydrogen-bond acceptors (Lipinski definition) is 0. The van der Waals surface area contributed by atoms with Gasteiger partial charge in [-0.2, -0.15) is 0 Å². The molecule has 0 aliphatic rings. The Kier molecular flexibility index (Phi) is 12.9. The van der Waals surface area contributed by atoms with Crippen LogP contribution < -0.4 is 17.0 Å². The highest BCUT2D eigenvalue weighted by molar-refractivity contribution is 7.75.